The lowest BCUT2D eigenvalue weighted by Crippen LogP contribution is -2.12. The minimum atomic E-state index is -0.236. The van der Waals surface area contributed by atoms with Gasteiger partial charge in [0.15, 0.2) is 5.78 Å². The van der Waals surface area contributed by atoms with Gasteiger partial charge in [0.2, 0.25) is 5.91 Å². The number of nitrogens with two attached hydrogens (primary N) is 1. The monoisotopic (exact) mass is 181 g/mol. The quantitative estimate of drug-likeness (QED) is 0.682. The van der Waals surface area contributed by atoms with E-state index in [1.54, 1.807) is 6.92 Å². The smallest absolute Gasteiger partial charge is 0.233 e. The average molecular weight is 181 g/mol. The second-order valence-corrected chi connectivity index (χ2v) is 2.65. The second-order valence-electron chi connectivity index (χ2n) is 2.65. The van der Waals surface area contributed by atoms with Gasteiger partial charge in [-0.15, -0.1) is 0 Å². The first kappa shape index (κ1) is 9.44. The number of anilines is 1. The first-order chi connectivity index (χ1) is 6.07. The van der Waals surface area contributed by atoms with E-state index < -0.39 is 0 Å². The molecule has 2 N–H and O–H groups in total. The number of carbonyl (C=O) groups is 2. The molecule has 1 aromatic heterocycles. The second kappa shape index (κ2) is 3.38. The lowest BCUT2D eigenvalue weighted by molar-refractivity contribution is 0.0911. The normalized spacial score (nSPS) is 10.0. The van der Waals surface area contributed by atoms with Gasteiger partial charge < -0.3 is 5.73 Å². The van der Waals surface area contributed by atoms with Gasteiger partial charge in [-0.05, 0) is 0 Å². The standard InChI is InChI=1S/C8H11N3O2/c1-3-6(13)11-4-10-7(5(2)12)8(11)9/h4H,3,9H2,1-2H3. The van der Waals surface area contributed by atoms with E-state index in [-0.39, 0.29) is 23.2 Å². The third-order valence-corrected chi connectivity index (χ3v) is 1.71. The van der Waals surface area contributed by atoms with Crippen molar-refractivity contribution in [3.8, 4) is 0 Å². The molecule has 0 atom stereocenters. The lowest BCUT2D eigenvalue weighted by atomic mass is 10.3. The van der Waals surface area contributed by atoms with Gasteiger partial charge in [-0.2, -0.15) is 0 Å². The first-order valence-corrected chi connectivity index (χ1v) is 3.94. The minimum Gasteiger partial charge on any atom is -0.383 e. The fourth-order valence-corrected chi connectivity index (χ4v) is 0.998. The molecule has 0 radical (unpaired) electrons. The van der Waals surface area contributed by atoms with Crippen molar-refractivity contribution in [3.05, 3.63) is 12.0 Å². The van der Waals surface area contributed by atoms with Crippen LogP contribution in [0.4, 0.5) is 5.82 Å². The van der Waals surface area contributed by atoms with Crippen molar-refractivity contribution in [2.24, 2.45) is 0 Å². The van der Waals surface area contributed by atoms with Gasteiger partial charge >= 0.3 is 0 Å². The molecule has 1 rings (SSSR count). The summed E-state index contributed by atoms with van der Waals surface area (Å²) in [7, 11) is 0. The molecule has 0 saturated heterocycles. The molecule has 70 valence electrons. The van der Waals surface area contributed by atoms with Crippen molar-refractivity contribution in [2.75, 3.05) is 5.73 Å². The van der Waals surface area contributed by atoms with E-state index >= 15 is 0 Å². The van der Waals surface area contributed by atoms with Crippen molar-refractivity contribution < 1.29 is 9.59 Å². The molecular weight excluding hydrogens is 170 g/mol. The molecule has 0 spiro atoms. The molecule has 5 heteroatoms. The zero-order valence-corrected chi connectivity index (χ0v) is 7.57. The molecule has 0 fully saturated rings. The molecule has 0 aromatic carbocycles. The molecule has 0 aliphatic heterocycles. The Kier molecular flexibility index (Phi) is 2.46. The summed E-state index contributed by atoms with van der Waals surface area (Å²) in [6, 6.07) is 0. The SMILES string of the molecule is CCC(=O)n1cnc(C(C)=O)c1N. The van der Waals surface area contributed by atoms with Crippen molar-refractivity contribution >= 4 is 17.5 Å². The number of hydrogen-bond donors (Lipinski definition) is 1. The summed E-state index contributed by atoms with van der Waals surface area (Å²) in [6.45, 7) is 3.08. The van der Waals surface area contributed by atoms with E-state index in [1.165, 1.54) is 17.8 Å². The Hall–Kier alpha value is -1.65. The van der Waals surface area contributed by atoms with Crippen LogP contribution in [0.1, 0.15) is 35.6 Å². The molecule has 1 aromatic rings. The van der Waals surface area contributed by atoms with Crippen LogP contribution < -0.4 is 5.73 Å². The van der Waals surface area contributed by atoms with E-state index in [0.29, 0.717) is 6.42 Å². The number of aromatic nitrogens is 2. The van der Waals surface area contributed by atoms with Crippen LogP contribution in [0, 0.1) is 0 Å². The predicted molar refractivity (Wildman–Crippen MR) is 47.6 cm³/mol. The van der Waals surface area contributed by atoms with Crippen LogP contribution in [-0.2, 0) is 0 Å². The zero-order chi connectivity index (χ0) is 10.0. The fourth-order valence-electron chi connectivity index (χ4n) is 0.998. The Balaban J connectivity index is 3.13. The highest BCUT2D eigenvalue weighted by atomic mass is 16.2. The van der Waals surface area contributed by atoms with E-state index in [9.17, 15) is 9.59 Å². The van der Waals surface area contributed by atoms with Crippen LogP contribution in [0.25, 0.3) is 0 Å². The summed E-state index contributed by atoms with van der Waals surface area (Å²) < 4.78 is 1.19. The molecule has 1 heterocycles. The first-order valence-electron chi connectivity index (χ1n) is 3.94. The highest BCUT2D eigenvalue weighted by molar-refractivity contribution is 5.98. The van der Waals surface area contributed by atoms with Gasteiger partial charge in [0.05, 0.1) is 0 Å². The Morgan fingerprint density at radius 1 is 1.62 bits per heavy atom. The van der Waals surface area contributed by atoms with Crippen molar-refractivity contribution in [3.63, 3.8) is 0 Å². The van der Waals surface area contributed by atoms with Crippen molar-refractivity contribution in [1.29, 1.82) is 0 Å². The number of imidazole rings is 1. The van der Waals surface area contributed by atoms with Gasteiger partial charge in [-0.25, -0.2) is 4.98 Å². The number of rotatable bonds is 2. The zero-order valence-electron chi connectivity index (χ0n) is 7.57. The van der Waals surface area contributed by atoms with Crippen molar-refractivity contribution in [2.45, 2.75) is 20.3 Å². The van der Waals surface area contributed by atoms with Gasteiger partial charge in [-0.3, -0.25) is 14.2 Å². The maximum absolute atomic E-state index is 11.2. The topological polar surface area (TPSA) is 78.0 Å². The molecular formula is C8H11N3O2. The highest BCUT2D eigenvalue weighted by Crippen LogP contribution is 2.10. The molecule has 0 amide bonds. The summed E-state index contributed by atoms with van der Waals surface area (Å²) in [5, 5.41) is 0. The van der Waals surface area contributed by atoms with Gasteiger partial charge in [0.25, 0.3) is 0 Å². The van der Waals surface area contributed by atoms with E-state index in [2.05, 4.69) is 4.98 Å². The van der Waals surface area contributed by atoms with Gasteiger partial charge in [0.1, 0.15) is 17.8 Å². The van der Waals surface area contributed by atoms with E-state index in [0.717, 1.165) is 0 Å². The Bertz CT molecular complexity index is 354. The maximum Gasteiger partial charge on any atom is 0.233 e. The van der Waals surface area contributed by atoms with Crippen LogP contribution in [-0.4, -0.2) is 21.2 Å². The third kappa shape index (κ3) is 1.58. The number of nitrogens with zero attached hydrogens (tertiary/aromatic N) is 2. The molecule has 5 nitrogen and oxygen atoms in total. The number of Topliss-reactive ketones (excluding diaryl/α,β-unsaturated/α-hetero) is 1. The number of ketones is 1. The van der Waals surface area contributed by atoms with Gasteiger partial charge in [-0.1, -0.05) is 6.92 Å². The fraction of sp³-hybridized carbons (Fsp3) is 0.375. The van der Waals surface area contributed by atoms with Crippen LogP contribution in [0.2, 0.25) is 0 Å². The minimum absolute atomic E-state index is 0.124. The predicted octanol–water partition coefficient (Wildman–Crippen LogP) is 0.718. The Morgan fingerprint density at radius 2 is 2.23 bits per heavy atom. The molecule has 0 saturated carbocycles. The number of hydrogen-bond acceptors (Lipinski definition) is 4. The summed E-state index contributed by atoms with van der Waals surface area (Å²) in [5.41, 5.74) is 5.69. The Labute approximate surface area is 75.6 Å². The van der Waals surface area contributed by atoms with E-state index in [4.69, 9.17) is 5.73 Å². The number of nitrogen functional groups attached to an aromatic ring is 1. The average Bonchev–Trinajstić information content (AvgIpc) is 2.46. The Morgan fingerprint density at radius 3 is 2.62 bits per heavy atom. The third-order valence-electron chi connectivity index (χ3n) is 1.71. The summed E-state index contributed by atoms with van der Waals surface area (Å²) in [6.07, 6.45) is 1.61. The largest absolute Gasteiger partial charge is 0.383 e. The van der Waals surface area contributed by atoms with E-state index in [1.807, 2.05) is 0 Å². The molecule has 13 heavy (non-hydrogen) atoms. The van der Waals surface area contributed by atoms with Gasteiger partial charge in [0, 0.05) is 13.3 Å². The summed E-state index contributed by atoms with van der Waals surface area (Å²) in [4.78, 5) is 25.9. The molecule has 0 aliphatic rings. The van der Waals surface area contributed by atoms with Crippen LogP contribution in [0.5, 0.6) is 0 Å². The summed E-state index contributed by atoms with van der Waals surface area (Å²) >= 11 is 0. The van der Waals surface area contributed by atoms with Crippen LogP contribution >= 0.6 is 0 Å². The highest BCUT2D eigenvalue weighted by Gasteiger charge is 2.14. The number of carbonyl (C=O) groups excluding carboxylic acids is 2. The van der Waals surface area contributed by atoms with Crippen LogP contribution in [0.3, 0.4) is 0 Å². The van der Waals surface area contributed by atoms with Crippen molar-refractivity contribution in [1.82, 2.24) is 9.55 Å². The molecule has 0 unspecified atom stereocenters. The maximum atomic E-state index is 11.2. The molecule has 0 bridgehead atoms. The van der Waals surface area contributed by atoms with Crippen LogP contribution in [0.15, 0.2) is 6.33 Å². The molecule has 0 aliphatic carbocycles. The lowest BCUT2D eigenvalue weighted by Gasteiger charge is -1.99. The summed E-state index contributed by atoms with van der Waals surface area (Å²) in [5.74, 6) is -0.281.